The van der Waals surface area contributed by atoms with Gasteiger partial charge in [0, 0.05) is 6.04 Å². The molecule has 1 unspecified atom stereocenters. The number of carbonyl (C=O) groups excluding carboxylic acids is 1. The van der Waals surface area contributed by atoms with Gasteiger partial charge in [0.05, 0.1) is 0 Å². The zero-order valence-corrected chi connectivity index (χ0v) is 16.8. The number of hydrogen-bond acceptors (Lipinski definition) is 3. The van der Waals surface area contributed by atoms with Crippen LogP contribution in [-0.4, -0.2) is 28.1 Å². The van der Waals surface area contributed by atoms with Crippen LogP contribution in [0.2, 0.25) is 0 Å². The normalized spacial score (nSPS) is 13.1. The third kappa shape index (κ3) is 4.09. The molecule has 0 saturated carbocycles. The van der Waals surface area contributed by atoms with Gasteiger partial charge in [0.1, 0.15) is 6.61 Å². The molecule has 0 heterocycles. The van der Waals surface area contributed by atoms with Gasteiger partial charge in [-0.2, -0.15) is 0 Å². The molecule has 29 heavy (non-hydrogen) atoms. The maximum atomic E-state index is 13.0. The van der Waals surface area contributed by atoms with Crippen LogP contribution in [0, 0.1) is 0 Å². The maximum Gasteiger partial charge on any atom is 0.411 e. The van der Waals surface area contributed by atoms with Crippen LogP contribution in [0.3, 0.4) is 0 Å². The highest BCUT2D eigenvalue weighted by Crippen LogP contribution is 2.33. The monoisotopic (exact) mass is 391 g/mol. The first-order valence-corrected chi connectivity index (χ1v) is 9.56. The summed E-state index contributed by atoms with van der Waals surface area (Å²) >= 11 is 0. The molecule has 1 atom stereocenters. The number of fused-ring (bicyclic) bond motifs is 1. The van der Waals surface area contributed by atoms with Crippen LogP contribution in [-0.2, 0) is 21.7 Å². The maximum absolute atomic E-state index is 13.0. The molecule has 3 aromatic rings. The van der Waals surface area contributed by atoms with Crippen molar-refractivity contribution in [3.05, 3.63) is 83.9 Å². The standard InChI is InChI=1S/C24H25NO4/c1-17(2)25(23(28)29-16-18-9-5-4-6-10-18)24(3,22(26)27)21-14-13-19-11-7-8-12-20(19)15-21/h4-15,17H,16H2,1-3H3,(H,26,27). The summed E-state index contributed by atoms with van der Waals surface area (Å²) in [5.41, 5.74) is -0.215. The third-order valence-corrected chi connectivity index (χ3v) is 5.13. The smallest absolute Gasteiger partial charge is 0.411 e. The van der Waals surface area contributed by atoms with Gasteiger partial charge in [-0.3, -0.25) is 4.90 Å². The molecule has 1 N–H and O–H groups in total. The molecule has 0 aliphatic rings. The Labute approximate surface area is 170 Å². The van der Waals surface area contributed by atoms with Crippen LogP contribution in [0.1, 0.15) is 31.9 Å². The first-order valence-electron chi connectivity index (χ1n) is 9.56. The molecule has 0 radical (unpaired) electrons. The number of benzene rings is 3. The van der Waals surface area contributed by atoms with E-state index < -0.39 is 17.6 Å². The van der Waals surface area contributed by atoms with Gasteiger partial charge >= 0.3 is 12.1 Å². The lowest BCUT2D eigenvalue weighted by molar-refractivity contribution is -0.151. The molecule has 3 rings (SSSR count). The Morgan fingerprint density at radius 1 is 0.966 bits per heavy atom. The van der Waals surface area contributed by atoms with Gasteiger partial charge in [0.2, 0.25) is 0 Å². The Bertz CT molecular complexity index is 1020. The number of carboxylic acid groups (broad SMARTS) is 1. The molecule has 0 spiro atoms. The van der Waals surface area contributed by atoms with Crippen molar-refractivity contribution in [2.75, 3.05) is 0 Å². The highest BCUT2D eigenvalue weighted by molar-refractivity contribution is 5.89. The molecule has 0 fully saturated rings. The molecule has 5 nitrogen and oxygen atoms in total. The Hall–Kier alpha value is -3.34. The van der Waals surface area contributed by atoms with E-state index in [0.717, 1.165) is 16.3 Å². The van der Waals surface area contributed by atoms with Crippen molar-refractivity contribution in [3.63, 3.8) is 0 Å². The summed E-state index contributed by atoms with van der Waals surface area (Å²) in [4.78, 5) is 26.7. The summed E-state index contributed by atoms with van der Waals surface area (Å²) in [6.45, 7) is 5.19. The van der Waals surface area contributed by atoms with Crippen molar-refractivity contribution < 1.29 is 19.4 Å². The molecule has 1 amide bonds. The summed E-state index contributed by atoms with van der Waals surface area (Å²) < 4.78 is 5.48. The summed E-state index contributed by atoms with van der Waals surface area (Å²) in [6.07, 6.45) is -0.665. The van der Waals surface area contributed by atoms with Crippen molar-refractivity contribution >= 4 is 22.8 Å². The van der Waals surface area contributed by atoms with Crippen LogP contribution in [0.5, 0.6) is 0 Å². The molecule has 0 aromatic heterocycles. The van der Waals surface area contributed by atoms with Crippen LogP contribution in [0.15, 0.2) is 72.8 Å². The largest absolute Gasteiger partial charge is 0.479 e. The zero-order chi connectivity index (χ0) is 21.0. The second-order valence-corrected chi connectivity index (χ2v) is 7.44. The number of carbonyl (C=O) groups is 2. The van der Waals surface area contributed by atoms with Crippen molar-refractivity contribution in [1.82, 2.24) is 4.90 Å². The number of hydrogen-bond donors (Lipinski definition) is 1. The van der Waals surface area contributed by atoms with Crippen LogP contribution >= 0.6 is 0 Å². The van der Waals surface area contributed by atoms with Crippen molar-refractivity contribution in [1.29, 1.82) is 0 Å². The molecule has 0 bridgehead atoms. The van der Waals surface area contributed by atoms with Crippen molar-refractivity contribution in [2.45, 2.75) is 39.0 Å². The highest BCUT2D eigenvalue weighted by atomic mass is 16.6. The average Bonchev–Trinajstić information content (AvgIpc) is 2.72. The highest BCUT2D eigenvalue weighted by Gasteiger charge is 2.46. The summed E-state index contributed by atoms with van der Waals surface area (Å²) in [5.74, 6) is -1.11. The van der Waals surface area contributed by atoms with E-state index in [2.05, 4.69) is 0 Å². The van der Waals surface area contributed by atoms with Gasteiger partial charge in [0.25, 0.3) is 0 Å². The van der Waals surface area contributed by atoms with E-state index in [4.69, 9.17) is 4.74 Å². The van der Waals surface area contributed by atoms with E-state index in [-0.39, 0.29) is 12.6 Å². The molecule has 0 aliphatic heterocycles. The summed E-state index contributed by atoms with van der Waals surface area (Å²) in [5, 5.41) is 12.1. The van der Waals surface area contributed by atoms with Crippen molar-refractivity contribution in [3.8, 4) is 0 Å². The third-order valence-electron chi connectivity index (χ3n) is 5.13. The number of amides is 1. The summed E-state index contributed by atoms with van der Waals surface area (Å²) in [6, 6.07) is 22.1. The van der Waals surface area contributed by atoms with Crippen LogP contribution in [0.25, 0.3) is 10.8 Å². The first kappa shape index (κ1) is 20.4. The second-order valence-electron chi connectivity index (χ2n) is 7.44. The van der Waals surface area contributed by atoms with Gasteiger partial charge in [-0.25, -0.2) is 9.59 Å². The molecular weight excluding hydrogens is 366 g/mol. The van der Waals surface area contributed by atoms with Crippen LogP contribution < -0.4 is 0 Å². The topological polar surface area (TPSA) is 66.8 Å². The van der Waals surface area contributed by atoms with Gasteiger partial charge in [-0.05, 0) is 48.7 Å². The fraction of sp³-hybridized carbons (Fsp3) is 0.250. The van der Waals surface area contributed by atoms with E-state index in [1.807, 2.05) is 66.7 Å². The lowest BCUT2D eigenvalue weighted by Gasteiger charge is -2.40. The lowest BCUT2D eigenvalue weighted by Crippen LogP contribution is -2.55. The first-order chi connectivity index (χ1) is 13.8. The van der Waals surface area contributed by atoms with Crippen molar-refractivity contribution in [2.24, 2.45) is 0 Å². The Balaban J connectivity index is 1.97. The number of nitrogens with zero attached hydrogens (tertiary/aromatic N) is 1. The van der Waals surface area contributed by atoms with Gasteiger partial charge in [0.15, 0.2) is 5.54 Å². The minimum absolute atomic E-state index is 0.0797. The van der Waals surface area contributed by atoms with E-state index >= 15 is 0 Å². The summed E-state index contributed by atoms with van der Waals surface area (Å²) in [7, 11) is 0. The number of ether oxygens (including phenoxy) is 1. The Morgan fingerprint density at radius 2 is 1.59 bits per heavy atom. The number of rotatable bonds is 6. The molecule has 3 aromatic carbocycles. The zero-order valence-electron chi connectivity index (χ0n) is 16.8. The van der Waals surface area contributed by atoms with Crippen LogP contribution in [0.4, 0.5) is 4.79 Å². The van der Waals surface area contributed by atoms with E-state index in [1.54, 1.807) is 26.8 Å². The Morgan fingerprint density at radius 3 is 2.21 bits per heavy atom. The quantitative estimate of drug-likeness (QED) is 0.628. The van der Waals surface area contributed by atoms with E-state index in [1.165, 1.54) is 4.90 Å². The predicted octanol–water partition coefficient (Wildman–Crippen LogP) is 5.19. The number of aliphatic carboxylic acids is 1. The molecule has 0 saturated heterocycles. The van der Waals surface area contributed by atoms with E-state index in [9.17, 15) is 14.7 Å². The van der Waals surface area contributed by atoms with Gasteiger partial charge in [-0.1, -0.05) is 66.7 Å². The fourth-order valence-corrected chi connectivity index (χ4v) is 3.56. The SMILES string of the molecule is CC(C)N(C(=O)OCc1ccccc1)C(C)(C(=O)O)c1ccc2ccccc2c1. The molecular formula is C24H25NO4. The van der Waals surface area contributed by atoms with Gasteiger partial charge in [-0.15, -0.1) is 0 Å². The second kappa shape index (κ2) is 8.35. The molecule has 0 aliphatic carbocycles. The van der Waals surface area contributed by atoms with E-state index in [0.29, 0.717) is 5.56 Å². The molecule has 5 heteroatoms. The Kier molecular flexibility index (Phi) is 5.87. The minimum atomic E-state index is -1.58. The fourth-order valence-electron chi connectivity index (χ4n) is 3.56. The number of carboxylic acids is 1. The lowest BCUT2D eigenvalue weighted by atomic mass is 9.87. The average molecular weight is 391 g/mol. The predicted molar refractivity (Wildman–Crippen MR) is 113 cm³/mol. The van der Waals surface area contributed by atoms with Gasteiger partial charge < -0.3 is 9.84 Å². The molecule has 150 valence electrons. The minimum Gasteiger partial charge on any atom is -0.479 e.